The van der Waals surface area contributed by atoms with Gasteiger partial charge in [-0.25, -0.2) is 0 Å². The zero-order valence-corrected chi connectivity index (χ0v) is 13.9. The molecular weight excluding hydrogens is 330 g/mol. The highest BCUT2D eigenvalue weighted by molar-refractivity contribution is 9.10. The van der Waals surface area contributed by atoms with Crippen molar-refractivity contribution in [3.63, 3.8) is 0 Å². The SMILES string of the molecule is COCc1ccc(CNCc2cc(Br)ccc2OC)cc1. The maximum Gasteiger partial charge on any atom is 0.123 e. The Morgan fingerprint density at radius 1 is 0.952 bits per heavy atom. The molecule has 0 bridgehead atoms. The monoisotopic (exact) mass is 349 g/mol. The van der Waals surface area contributed by atoms with Gasteiger partial charge in [0.25, 0.3) is 0 Å². The zero-order valence-electron chi connectivity index (χ0n) is 12.4. The van der Waals surface area contributed by atoms with E-state index >= 15 is 0 Å². The standard InChI is InChI=1S/C17H20BrNO2/c1-20-12-14-5-3-13(4-6-14)10-19-11-15-9-16(18)7-8-17(15)21-2/h3-9,19H,10-12H2,1-2H3. The van der Waals surface area contributed by atoms with E-state index in [4.69, 9.17) is 9.47 Å². The van der Waals surface area contributed by atoms with Crippen LogP contribution in [0, 0.1) is 0 Å². The normalized spacial score (nSPS) is 10.6. The second-order valence-corrected chi connectivity index (χ2v) is 5.72. The van der Waals surface area contributed by atoms with Gasteiger partial charge < -0.3 is 14.8 Å². The largest absolute Gasteiger partial charge is 0.496 e. The molecule has 0 aliphatic carbocycles. The van der Waals surface area contributed by atoms with Gasteiger partial charge in [0, 0.05) is 30.2 Å². The van der Waals surface area contributed by atoms with Gasteiger partial charge in [-0.1, -0.05) is 40.2 Å². The van der Waals surface area contributed by atoms with Gasteiger partial charge in [-0.15, -0.1) is 0 Å². The molecule has 0 aliphatic heterocycles. The van der Waals surface area contributed by atoms with Crippen LogP contribution in [0.2, 0.25) is 0 Å². The average Bonchev–Trinajstić information content (AvgIpc) is 2.50. The number of nitrogens with one attached hydrogen (secondary N) is 1. The van der Waals surface area contributed by atoms with E-state index < -0.39 is 0 Å². The Hall–Kier alpha value is -1.36. The highest BCUT2D eigenvalue weighted by atomic mass is 79.9. The van der Waals surface area contributed by atoms with Crippen LogP contribution in [0.3, 0.4) is 0 Å². The van der Waals surface area contributed by atoms with Gasteiger partial charge in [-0.05, 0) is 29.3 Å². The fourth-order valence-corrected chi connectivity index (χ4v) is 2.56. The molecule has 0 unspecified atom stereocenters. The summed E-state index contributed by atoms with van der Waals surface area (Å²) < 4.78 is 11.5. The summed E-state index contributed by atoms with van der Waals surface area (Å²) >= 11 is 3.49. The summed E-state index contributed by atoms with van der Waals surface area (Å²) in [5.41, 5.74) is 3.58. The van der Waals surface area contributed by atoms with Crippen LogP contribution < -0.4 is 10.1 Å². The summed E-state index contributed by atoms with van der Waals surface area (Å²) in [5, 5.41) is 3.44. The number of halogens is 1. The van der Waals surface area contributed by atoms with Gasteiger partial charge in [-0.2, -0.15) is 0 Å². The number of rotatable bonds is 7. The number of methoxy groups -OCH3 is 2. The first-order chi connectivity index (χ1) is 10.2. The van der Waals surface area contributed by atoms with E-state index in [1.54, 1.807) is 14.2 Å². The van der Waals surface area contributed by atoms with Crippen molar-refractivity contribution in [2.45, 2.75) is 19.7 Å². The van der Waals surface area contributed by atoms with Crippen molar-refractivity contribution < 1.29 is 9.47 Å². The minimum absolute atomic E-state index is 0.656. The lowest BCUT2D eigenvalue weighted by Gasteiger charge is -2.10. The maximum absolute atomic E-state index is 5.37. The molecule has 0 saturated carbocycles. The third-order valence-corrected chi connectivity index (χ3v) is 3.71. The third kappa shape index (κ3) is 4.84. The van der Waals surface area contributed by atoms with Crippen molar-refractivity contribution in [1.29, 1.82) is 0 Å². The molecule has 112 valence electrons. The molecule has 3 nitrogen and oxygen atoms in total. The van der Waals surface area contributed by atoms with Gasteiger partial charge in [0.1, 0.15) is 5.75 Å². The number of hydrogen-bond donors (Lipinski definition) is 1. The molecule has 2 rings (SSSR count). The van der Waals surface area contributed by atoms with Crippen LogP contribution in [0.5, 0.6) is 5.75 Å². The van der Waals surface area contributed by atoms with Crippen LogP contribution in [0.15, 0.2) is 46.9 Å². The summed E-state index contributed by atoms with van der Waals surface area (Å²) in [4.78, 5) is 0. The highest BCUT2D eigenvalue weighted by Gasteiger charge is 2.03. The molecule has 0 atom stereocenters. The van der Waals surface area contributed by atoms with Gasteiger partial charge in [0.05, 0.1) is 13.7 Å². The molecule has 0 aliphatic rings. The van der Waals surface area contributed by atoms with E-state index in [9.17, 15) is 0 Å². The van der Waals surface area contributed by atoms with Crippen LogP contribution in [-0.4, -0.2) is 14.2 Å². The first-order valence-electron chi connectivity index (χ1n) is 6.83. The molecule has 0 heterocycles. The van der Waals surface area contributed by atoms with Crippen molar-refractivity contribution in [2.24, 2.45) is 0 Å². The summed E-state index contributed by atoms with van der Waals surface area (Å²) in [6, 6.07) is 14.5. The van der Waals surface area contributed by atoms with Crippen LogP contribution in [0.4, 0.5) is 0 Å². The molecule has 21 heavy (non-hydrogen) atoms. The Bertz CT molecular complexity index is 570. The lowest BCUT2D eigenvalue weighted by atomic mass is 10.1. The quantitative estimate of drug-likeness (QED) is 0.822. The zero-order chi connectivity index (χ0) is 15.1. The van der Waals surface area contributed by atoms with Gasteiger partial charge in [0.15, 0.2) is 0 Å². The van der Waals surface area contributed by atoms with E-state index in [0.29, 0.717) is 6.61 Å². The minimum Gasteiger partial charge on any atom is -0.496 e. The van der Waals surface area contributed by atoms with Crippen molar-refractivity contribution in [1.82, 2.24) is 5.32 Å². The summed E-state index contributed by atoms with van der Waals surface area (Å²) in [6.45, 7) is 2.24. The molecule has 0 amide bonds. The lowest BCUT2D eigenvalue weighted by molar-refractivity contribution is 0.185. The Balaban J connectivity index is 1.90. The molecule has 2 aromatic rings. The smallest absolute Gasteiger partial charge is 0.123 e. The minimum atomic E-state index is 0.656. The Morgan fingerprint density at radius 2 is 1.67 bits per heavy atom. The predicted octanol–water partition coefficient (Wildman–Crippen LogP) is 3.89. The van der Waals surface area contributed by atoms with Gasteiger partial charge >= 0.3 is 0 Å². The van der Waals surface area contributed by atoms with E-state index in [0.717, 1.165) is 28.9 Å². The molecule has 1 N–H and O–H groups in total. The molecule has 0 aromatic heterocycles. The van der Waals surface area contributed by atoms with Crippen LogP contribution in [-0.2, 0) is 24.4 Å². The molecule has 0 saturated heterocycles. The Kier molecular flexibility index (Phi) is 6.23. The lowest BCUT2D eigenvalue weighted by Crippen LogP contribution is -2.13. The first kappa shape index (κ1) is 16.0. The average molecular weight is 350 g/mol. The fraction of sp³-hybridized carbons (Fsp3) is 0.294. The van der Waals surface area contributed by atoms with Crippen molar-refractivity contribution in [2.75, 3.05) is 14.2 Å². The van der Waals surface area contributed by atoms with E-state index in [-0.39, 0.29) is 0 Å². The first-order valence-corrected chi connectivity index (χ1v) is 7.62. The molecule has 4 heteroatoms. The number of hydrogen-bond acceptors (Lipinski definition) is 3. The second-order valence-electron chi connectivity index (χ2n) is 4.81. The molecule has 0 spiro atoms. The Morgan fingerprint density at radius 3 is 2.33 bits per heavy atom. The molecule has 2 aromatic carbocycles. The number of benzene rings is 2. The maximum atomic E-state index is 5.37. The van der Waals surface area contributed by atoms with Crippen molar-refractivity contribution in [3.05, 3.63) is 63.6 Å². The Labute approximate surface area is 134 Å². The van der Waals surface area contributed by atoms with E-state index in [2.05, 4.69) is 51.6 Å². The summed E-state index contributed by atoms with van der Waals surface area (Å²) in [6.07, 6.45) is 0. The predicted molar refractivity (Wildman–Crippen MR) is 88.4 cm³/mol. The molecular formula is C17H20BrNO2. The second kappa shape index (κ2) is 8.17. The van der Waals surface area contributed by atoms with Crippen LogP contribution >= 0.6 is 15.9 Å². The van der Waals surface area contributed by atoms with Crippen molar-refractivity contribution in [3.8, 4) is 5.75 Å². The van der Waals surface area contributed by atoms with E-state index in [1.807, 2.05) is 12.1 Å². The van der Waals surface area contributed by atoms with Gasteiger partial charge in [0.2, 0.25) is 0 Å². The molecule has 0 radical (unpaired) electrons. The summed E-state index contributed by atoms with van der Waals surface area (Å²) in [7, 11) is 3.40. The summed E-state index contributed by atoms with van der Waals surface area (Å²) in [5.74, 6) is 0.904. The number of ether oxygens (including phenoxy) is 2. The fourth-order valence-electron chi connectivity index (χ4n) is 2.15. The van der Waals surface area contributed by atoms with Crippen LogP contribution in [0.25, 0.3) is 0 Å². The molecule has 0 fully saturated rings. The third-order valence-electron chi connectivity index (χ3n) is 3.22. The van der Waals surface area contributed by atoms with Crippen LogP contribution in [0.1, 0.15) is 16.7 Å². The topological polar surface area (TPSA) is 30.5 Å². The van der Waals surface area contributed by atoms with E-state index in [1.165, 1.54) is 11.1 Å². The van der Waals surface area contributed by atoms with Crippen molar-refractivity contribution >= 4 is 15.9 Å². The van der Waals surface area contributed by atoms with Gasteiger partial charge in [-0.3, -0.25) is 0 Å². The highest BCUT2D eigenvalue weighted by Crippen LogP contribution is 2.22.